The lowest BCUT2D eigenvalue weighted by Crippen LogP contribution is -2.28. The van der Waals surface area contributed by atoms with Crippen LogP contribution in [0.5, 0.6) is 0 Å². The highest BCUT2D eigenvalue weighted by atomic mass is 16.4. The Labute approximate surface area is 542 Å². The molecule has 0 unspecified atom stereocenters. The standard InChI is InChI=1S/C82H162O4/c1-5-7-9-11-13-15-17-19-21-23-24-25-26-32-38-44-50-56-62-68-74-79(82(85)86)81(84)76-70-64-58-52-46-40-34-28-30-36-42-48-54-60-66-72-77(3)71-65-59-53-47-41-35-29-27-33-39-45-51-57-63-69-75-80(83)78(4)73-67-61-55-49-43-37-31-22-20-18-16-14-12-10-8-6-2/h65,71,77-81,83-84H,5-64,66-70,72-76H2,1-4H3,(H,85,86)/t77-,78-,79-,80+,81-/m1/s1. The van der Waals surface area contributed by atoms with Gasteiger partial charge in [-0.1, -0.05) is 444 Å². The van der Waals surface area contributed by atoms with Crippen LogP contribution in [0.15, 0.2) is 12.2 Å². The van der Waals surface area contributed by atoms with Crippen molar-refractivity contribution in [2.45, 2.75) is 489 Å². The number of carboxylic acid groups (broad SMARTS) is 1. The summed E-state index contributed by atoms with van der Waals surface area (Å²) in [6.07, 6.45) is 98.0. The molecule has 0 aromatic rings. The van der Waals surface area contributed by atoms with Gasteiger partial charge in [0.05, 0.1) is 18.1 Å². The van der Waals surface area contributed by atoms with E-state index in [-0.39, 0.29) is 6.10 Å². The molecule has 0 rings (SSSR count). The van der Waals surface area contributed by atoms with Crippen LogP contribution in [0.4, 0.5) is 0 Å². The minimum atomic E-state index is -0.803. The third-order valence-electron chi connectivity index (χ3n) is 20.3. The second kappa shape index (κ2) is 73.2. The van der Waals surface area contributed by atoms with Gasteiger partial charge in [-0.3, -0.25) is 4.79 Å². The molecule has 0 amide bonds. The van der Waals surface area contributed by atoms with Crippen LogP contribution in [0.25, 0.3) is 0 Å². The predicted octanol–water partition coefficient (Wildman–Crippen LogP) is 28.6. The van der Waals surface area contributed by atoms with Crippen LogP contribution in [-0.2, 0) is 4.79 Å². The second-order valence-corrected chi connectivity index (χ2v) is 29.1. The Kier molecular flexibility index (Phi) is 72.4. The zero-order valence-corrected chi connectivity index (χ0v) is 59.8. The highest BCUT2D eigenvalue weighted by Gasteiger charge is 2.25. The lowest BCUT2D eigenvalue weighted by molar-refractivity contribution is -0.146. The van der Waals surface area contributed by atoms with Crippen molar-refractivity contribution in [2.75, 3.05) is 0 Å². The summed E-state index contributed by atoms with van der Waals surface area (Å²) < 4.78 is 0. The van der Waals surface area contributed by atoms with Gasteiger partial charge in [-0.15, -0.1) is 0 Å². The highest BCUT2D eigenvalue weighted by Crippen LogP contribution is 2.24. The quantitative estimate of drug-likeness (QED) is 0.0419. The van der Waals surface area contributed by atoms with Crippen molar-refractivity contribution in [3.8, 4) is 0 Å². The van der Waals surface area contributed by atoms with Crippen molar-refractivity contribution < 1.29 is 20.1 Å². The van der Waals surface area contributed by atoms with Crippen molar-refractivity contribution >= 4 is 5.97 Å². The normalized spacial score (nSPS) is 13.7. The number of aliphatic hydroxyl groups excluding tert-OH is 2. The topological polar surface area (TPSA) is 77.8 Å². The van der Waals surface area contributed by atoms with E-state index in [0.717, 1.165) is 38.0 Å². The number of allylic oxidation sites excluding steroid dienone is 2. The van der Waals surface area contributed by atoms with Crippen LogP contribution in [0.2, 0.25) is 0 Å². The molecular weight excluding hydrogens is 1050 g/mol. The van der Waals surface area contributed by atoms with Crippen LogP contribution >= 0.6 is 0 Å². The molecule has 0 saturated carbocycles. The number of hydrogen-bond acceptors (Lipinski definition) is 3. The van der Waals surface area contributed by atoms with Gasteiger partial charge in [-0.05, 0) is 56.8 Å². The maximum absolute atomic E-state index is 11.9. The van der Waals surface area contributed by atoms with Gasteiger partial charge in [-0.2, -0.15) is 0 Å². The fraction of sp³-hybridized carbons (Fsp3) is 0.963. The summed E-state index contributed by atoms with van der Waals surface area (Å²) in [6, 6.07) is 0. The summed E-state index contributed by atoms with van der Waals surface area (Å²) in [5.74, 6) is -0.186. The summed E-state index contributed by atoms with van der Waals surface area (Å²) in [5.41, 5.74) is 0. The van der Waals surface area contributed by atoms with E-state index in [0.29, 0.717) is 18.8 Å². The molecular formula is C82H162O4. The first-order valence-corrected chi connectivity index (χ1v) is 40.6. The molecule has 4 nitrogen and oxygen atoms in total. The summed E-state index contributed by atoms with van der Waals surface area (Å²) in [6.45, 7) is 9.30. The molecule has 86 heavy (non-hydrogen) atoms. The first-order valence-electron chi connectivity index (χ1n) is 40.6. The Bertz CT molecular complexity index is 1280. The summed E-state index contributed by atoms with van der Waals surface area (Å²) in [7, 11) is 0. The van der Waals surface area contributed by atoms with E-state index >= 15 is 0 Å². The van der Waals surface area contributed by atoms with Crippen molar-refractivity contribution in [3.05, 3.63) is 12.2 Å². The number of hydrogen-bond donors (Lipinski definition) is 3. The molecule has 0 heterocycles. The van der Waals surface area contributed by atoms with Gasteiger partial charge in [0.2, 0.25) is 0 Å². The molecule has 0 aromatic carbocycles. The number of carboxylic acids is 1. The fourth-order valence-electron chi connectivity index (χ4n) is 13.9. The van der Waals surface area contributed by atoms with E-state index in [1.54, 1.807) is 0 Å². The zero-order valence-electron chi connectivity index (χ0n) is 59.8. The van der Waals surface area contributed by atoms with Crippen LogP contribution < -0.4 is 0 Å². The van der Waals surface area contributed by atoms with Gasteiger partial charge in [0, 0.05) is 0 Å². The van der Waals surface area contributed by atoms with Crippen LogP contribution in [0.3, 0.4) is 0 Å². The summed E-state index contributed by atoms with van der Waals surface area (Å²) >= 11 is 0. The summed E-state index contributed by atoms with van der Waals surface area (Å²) in [4.78, 5) is 11.9. The van der Waals surface area contributed by atoms with Crippen molar-refractivity contribution in [1.29, 1.82) is 0 Å². The van der Waals surface area contributed by atoms with E-state index in [1.165, 1.54) is 405 Å². The molecule has 0 spiro atoms. The largest absolute Gasteiger partial charge is 0.481 e. The zero-order chi connectivity index (χ0) is 62.4. The number of aliphatic carboxylic acids is 1. The Hall–Kier alpha value is -0.870. The molecule has 0 saturated heterocycles. The molecule has 0 aliphatic heterocycles. The van der Waals surface area contributed by atoms with Gasteiger partial charge in [0.1, 0.15) is 0 Å². The van der Waals surface area contributed by atoms with E-state index in [2.05, 4.69) is 39.8 Å². The van der Waals surface area contributed by atoms with Crippen LogP contribution in [0.1, 0.15) is 477 Å². The van der Waals surface area contributed by atoms with E-state index in [4.69, 9.17) is 0 Å². The minimum Gasteiger partial charge on any atom is -0.481 e. The minimum absolute atomic E-state index is 0.0854. The molecule has 514 valence electrons. The Morgan fingerprint density at radius 3 is 0.744 bits per heavy atom. The smallest absolute Gasteiger partial charge is 0.309 e. The summed E-state index contributed by atoms with van der Waals surface area (Å²) in [5, 5.41) is 31.3. The fourth-order valence-corrected chi connectivity index (χ4v) is 13.9. The van der Waals surface area contributed by atoms with E-state index < -0.39 is 18.0 Å². The number of carbonyl (C=O) groups is 1. The highest BCUT2D eigenvalue weighted by molar-refractivity contribution is 5.70. The van der Waals surface area contributed by atoms with Crippen molar-refractivity contribution in [2.24, 2.45) is 17.8 Å². The molecule has 4 heteroatoms. The Balaban J connectivity index is 3.44. The SMILES string of the molecule is CCCCCCCCCCCCCCCCCCCCCC[C@@H](C(=O)O)[C@H](O)CCCCCCCCCCCCCCCCC[C@H](C)C=CCCCCCCCCCCCCCCC[C@H](O)[C@H](C)CCCCCCCCCCCCCCCCCC. The van der Waals surface area contributed by atoms with E-state index in [1.807, 2.05) is 0 Å². The number of aliphatic hydroxyl groups is 2. The average Bonchev–Trinajstić information content (AvgIpc) is 3.51. The second-order valence-electron chi connectivity index (χ2n) is 29.1. The molecule has 0 aromatic heterocycles. The van der Waals surface area contributed by atoms with Gasteiger partial charge in [0.15, 0.2) is 0 Å². The lowest BCUT2D eigenvalue weighted by atomic mass is 9.91. The molecule has 0 aliphatic carbocycles. The van der Waals surface area contributed by atoms with Gasteiger partial charge in [0.25, 0.3) is 0 Å². The molecule has 0 aliphatic rings. The Morgan fingerprint density at radius 2 is 0.477 bits per heavy atom. The average molecular weight is 1210 g/mol. The van der Waals surface area contributed by atoms with Crippen LogP contribution in [-0.4, -0.2) is 33.5 Å². The molecule has 0 radical (unpaired) electrons. The molecule has 0 fully saturated rings. The third kappa shape index (κ3) is 67.5. The van der Waals surface area contributed by atoms with E-state index in [9.17, 15) is 20.1 Å². The maximum Gasteiger partial charge on any atom is 0.309 e. The lowest BCUT2D eigenvalue weighted by Gasteiger charge is -2.19. The first-order chi connectivity index (χ1) is 42.3. The molecule has 0 bridgehead atoms. The molecule has 3 N–H and O–H groups in total. The van der Waals surface area contributed by atoms with Crippen molar-refractivity contribution in [1.82, 2.24) is 0 Å². The van der Waals surface area contributed by atoms with Gasteiger partial charge in [-0.25, -0.2) is 0 Å². The third-order valence-corrected chi connectivity index (χ3v) is 20.3. The molecule has 5 atom stereocenters. The van der Waals surface area contributed by atoms with Gasteiger partial charge >= 0.3 is 5.97 Å². The maximum atomic E-state index is 11.9. The first kappa shape index (κ1) is 85.1. The number of unbranched alkanes of at least 4 members (excludes halogenated alkanes) is 61. The number of rotatable bonds is 76. The van der Waals surface area contributed by atoms with Crippen molar-refractivity contribution in [3.63, 3.8) is 0 Å². The monoisotopic (exact) mass is 1210 g/mol. The Morgan fingerprint density at radius 1 is 0.267 bits per heavy atom. The van der Waals surface area contributed by atoms with Gasteiger partial charge < -0.3 is 15.3 Å². The predicted molar refractivity (Wildman–Crippen MR) is 385 cm³/mol. The van der Waals surface area contributed by atoms with Crippen LogP contribution in [0, 0.1) is 17.8 Å².